The molecular formula is C21H22N2O3. The summed E-state index contributed by atoms with van der Waals surface area (Å²) in [5, 5.41) is 2.98. The fraction of sp³-hybridized carbons (Fsp3) is 0.381. The Bertz CT molecular complexity index is 906. The second-order valence-corrected chi connectivity index (χ2v) is 7.52. The normalized spacial score (nSPS) is 20.2. The van der Waals surface area contributed by atoms with Crippen molar-refractivity contribution >= 4 is 17.3 Å². The van der Waals surface area contributed by atoms with Crippen LogP contribution in [0.4, 0.5) is 11.4 Å². The summed E-state index contributed by atoms with van der Waals surface area (Å²) in [5.74, 6) is 1.56. The van der Waals surface area contributed by atoms with Crippen LogP contribution in [-0.2, 0) is 11.2 Å². The number of ether oxygens (including phenoxy) is 2. The van der Waals surface area contributed by atoms with Gasteiger partial charge >= 0.3 is 0 Å². The highest BCUT2D eigenvalue weighted by molar-refractivity contribution is 5.96. The van der Waals surface area contributed by atoms with Crippen molar-refractivity contribution in [2.24, 2.45) is 0 Å². The Morgan fingerprint density at radius 3 is 2.77 bits per heavy atom. The number of fused-ring (bicyclic) bond motifs is 3. The van der Waals surface area contributed by atoms with Crippen molar-refractivity contribution < 1.29 is 14.3 Å². The summed E-state index contributed by atoms with van der Waals surface area (Å²) in [4.78, 5) is 14.7. The van der Waals surface area contributed by atoms with Crippen molar-refractivity contribution in [3.8, 4) is 11.5 Å². The molecule has 2 aromatic carbocycles. The highest BCUT2D eigenvalue weighted by Gasteiger charge is 2.31. The Morgan fingerprint density at radius 2 is 1.96 bits per heavy atom. The first-order valence-electron chi connectivity index (χ1n) is 9.23. The number of hydrogen-bond donors (Lipinski definition) is 1. The van der Waals surface area contributed by atoms with Gasteiger partial charge < -0.3 is 19.7 Å². The van der Waals surface area contributed by atoms with E-state index in [1.165, 1.54) is 16.8 Å². The van der Waals surface area contributed by atoms with Gasteiger partial charge in [-0.1, -0.05) is 12.1 Å². The van der Waals surface area contributed by atoms with Gasteiger partial charge in [-0.25, -0.2) is 0 Å². The summed E-state index contributed by atoms with van der Waals surface area (Å²) < 4.78 is 11.0. The molecule has 3 heterocycles. The van der Waals surface area contributed by atoms with Gasteiger partial charge in [0.15, 0.2) is 11.5 Å². The summed E-state index contributed by atoms with van der Waals surface area (Å²) in [6.07, 6.45) is 1.52. The van der Waals surface area contributed by atoms with Crippen LogP contribution in [0.5, 0.6) is 11.5 Å². The van der Waals surface area contributed by atoms with Gasteiger partial charge in [0.05, 0.1) is 0 Å². The first-order chi connectivity index (χ1) is 12.6. The summed E-state index contributed by atoms with van der Waals surface area (Å²) >= 11 is 0. The topological polar surface area (TPSA) is 50.8 Å². The molecule has 1 N–H and O–H groups in total. The average Bonchev–Trinajstić information content (AvgIpc) is 3.24. The van der Waals surface area contributed by atoms with Crippen LogP contribution in [-0.4, -0.2) is 25.3 Å². The standard InChI is InChI=1S/C21H22N2O3/c1-12(2)23-6-5-14-7-13(3-4-18(14)23)15-9-21(24)22-17-10-20-19(8-16(15)17)25-11-26-20/h3-4,7-8,10,12,15H,5-6,9,11H2,1-2H3,(H,22,24). The van der Waals surface area contributed by atoms with Crippen LogP contribution in [0.2, 0.25) is 0 Å². The van der Waals surface area contributed by atoms with Crippen molar-refractivity contribution in [1.82, 2.24) is 0 Å². The predicted octanol–water partition coefficient (Wildman–Crippen LogP) is 3.66. The zero-order chi connectivity index (χ0) is 17.8. The van der Waals surface area contributed by atoms with E-state index in [1.54, 1.807) is 0 Å². The molecule has 0 aromatic heterocycles. The zero-order valence-corrected chi connectivity index (χ0v) is 15.0. The van der Waals surface area contributed by atoms with Gasteiger partial charge in [0.25, 0.3) is 0 Å². The summed E-state index contributed by atoms with van der Waals surface area (Å²) in [7, 11) is 0. The molecule has 0 saturated carbocycles. The monoisotopic (exact) mass is 350 g/mol. The van der Waals surface area contributed by atoms with E-state index in [2.05, 4.69) is 42.3 Å². The van der Waals surface area contributed by atoms with Gasteiger partial charge in [-0.05, 0) is 49.1 Å². The van der Waals surface area contributed by atoms with Crippen molar-refractivity contribution in [1.29, 1.82) is 0 Å². The largest absolute Gasteiger partial charge is 0.454 e. The van der Waals surface area contributed by atoms with Crippen LogP contribution < -0.4 is 19.7 Å². The number of nitrogens with one attached hydrogen (secondary N) is 1. The lowest BCUT2D eigenvalue weighted by atomic mass is 9.83. The summed E-state index contributed by atoms with van der Waals surface area (Å²) in [6.45, 7) is 5.76. The van der Waals surface area contributed by atoms with Crippen LogP contribution in [0.1, 0.15) is 42.9 Å². The number of hydrogen-bond acceptors (Lipinski definition) is 4. The van der Waals surface area contributed by atoms with Gasteiger partial charge in [0.2, 0.25) is 12.7 Å². The number of rotatable bonds is 2. The van der Waals surface area contributed by atoms with Crippen molar-refractivity contribution in [2.45, 2.75) is 38.6 Å². The molecule has 0 spiro atoms. The molecule has 0 saturated heterocycles. The molecule has 0 aliphatic carbocycles. The van der Waals surface area contributed by atoms with Crippen LogP contribution in [0.3, 0.4) is 0 Å². The molecule has 134 valence electrons. The molecule has 0 radical (unpaired) electrons. The number of carbonyl (C=O) groups is 1. The lowest BCUT2D eigenvalue weighted by molar-refractivity contribution is -0.116. The van der Waals surface area contributed by atoms with Crippen molar-refractivity contribution in [3.05, 3.63) is 47.0 Å². The van der Waals surface area contributed by atoms with Crippen LogP contribution in [0.25, 0.3) is 0 Å². The zero-order valence-electron chi connectivity index (χ0n) is 15.0. The van der Waals surface area contributed by atoms with Gasteiger partial charge in [0.1, 0.15) is 0 Å². The number of nitrogens with zero attached hydrogens (tertiary/aromatic N) is 1. The lowest BCUT2D eigenvalue weighted by Gasteiger charge is -2.27. The molecular weight excluding hydrogens is 328 g/mol. The van der Waals surface area contributed by atoms with E-state index < -0.39 is 0 Å². The van der Waals surface area contributed by atoms with E-state index in [0.29, 0.717) is 18.2 Å². The average molecular weight is 350 g/mol. The third-order valence-electron chi connectivity index (χ3n) is 5.64. The van der Waals surface area contributed by atoms with Crippen molar-refractivity contribution in [2.75, 3.05) is 23.6 Å². The number of benzene rings is 2. The molecule has 5 nitrogen and oxygen atoms in total. The molecule has 0 fully saturated rings. The molecule has 2 aromatic rings. The Hall–Kier alpha value is -2.69. The smallest absolute Gasteiger partial charge is 0.231 e. The number of carbonyl (C=O) groups excluding carboxylic acids is 1. The van der Waals surface area contributed by atoms with E-state index >= 15 is 0 Å². The van der Waals surface area contributed by atoms with Crippen LogP contribution in [0.15, 0.2) is 30.3 Å². The second-order valence-electron chi connectivity index (χ2n) is 7.52. The van der Waals surface area contributed by atoms with Gasteiger partial charge in [-0.2, -0.15) is 0 Å². The molecule has 5 heteroatoms. The van der Waals surface area contributed by atoms with Crippen LogP contribution in [0, 0.1) is 0 Å². The van der Waals surface area contributed by atoms with E-state index in [4.69, 9.17) is 9.47 Å². The molecule has 1 atom stereocenters. The van der Waals surface area contributed by atoms with E-state index in [1.807, 2.05) is 12.1 Å². The Labute approximate surface area is 152 Å². The third-order valence-corrected chi connectivity index (χ3v) is 5.64. The first-order valence-corrected chi connectivity index (χ1v) is 9.23. The Morgan fingerprint density at radius 1 is 1.15 bits per heavy atom. The third kappa shape index (κ3) is 2.34. The minimum atomic E-state index is 0.0469. The van der Waals surface area contributed by atoms with E-state index in [9.17, 15) is 4.79 Å². The number of anilines is 2. The molecule has 26 heavy (non-hydrogen) atoms. The number of amides is 1. The van der Waals surface area contributed by atoms with Gasteiger partial charge in [-0.15, -0.1) is 0 Å². The van der Waals surface area contributed by atoms with Crippen molar-refractivity contribution in [3.63, 3.8) is 0 Å². The lowest BCUT2D eigenvalue weighted by Crippen LogP contribution is -2.28. The molecule has 3 aliphatic rings. The van der Waals surface area contributed by atoms with E-state index in [0.717, 1.165) is 30.0 Å². The minimum Gasteiger partial charge on any atom is -0.454 e. The first kappa shape index (κ1) is 15.6. The Balaban J connectivity index is 1.57. The highest BCUT2D eigenvalue weighted by atomic mass is 16.7. The minimum absolute atomic E-state index is 0.0469. The SMILES string of the molecule is CC(C)N1CCc2cc(C3CC(=O)Nc4cc5c(cc43)OCO5)ccc21. The van der Waals surface area contributed by atoms with Gasteiger partial charge in [-0.3, -0.25) is 4.79 Å². The van der Waals surface area contributed by atoms with Crippen LogP contribution >= 0.6 is 0 Å². The summed E-state index contributed by atoms with van der Waals surface area (Å²) in [5.41, 5.74) is 5.84. The molecule has 5 rings (SSSR count). The molecule has 1 amide bonds. The quantitative estimate of drug-likeness (QED) is 0.898. The molecule has 1 unspecified atom stereocenters. The maximum absolute atomic E-state index is 12.3. The predicted molar refractivity (Wildman–Crippen MR) is 100 cm³/mol. The Kier molecular flexibility index (Phi) is 3.39. The van der Waals surface area contributed by atoms with Gasteiger partial charge in [0, 0.05) is 42.4 Å². The maximum atomic E-state index is 12.3. The fourth-order valence-electron chi connectivity index (χ4n) is 4.35. The second kappa shape index (κ2) is 5.66. The molecule has 3 aliphatic heterocycles. The van der Waals surface area contributed by atoms with E-state index in [-0.39, 0.29) is 18.6 Å². The maximum Gasteiger partial charge on any atom is 0.231 e. The fourth-order valence-corrected chi connectivity index (χ4v) is 4.35. The summed E-state index contributed by atoms with van der Waals surface area (Å²) in [6, 6.07) is 11.1. The molecule has 0 bridgehead atoms. The highest BCUT2D eigenvalue weighted by Crippen LogP contribution is 2.45.